The van der Waals surface area contributed by atoms with Crippen LogP contribution >= 0.6 is 0 Å². The number of ether oxygens (including phenoxy) is 1. The van der Waals surface area contributed by atoms with Crippen molar-refractivity contribution in [1.29, 1.82) is 5.26 Å². The van der Waals surface area contributed by atoms with E-state index in [1.165, 1.54) is 0 Å². The lowest BCUT2D eigenvalue weighted by molar-refractivity contribution is 0.142. The highest BCUT2D eigenvalue weighted by atomic mass is 16.5. The van der Waals surface area contributed by atoms with Crippen LogP contribution in [-0.2, 0) is 6.54 Å². The molecule has 0 heterocycles. The third kappa shape index (κ3) is 3.64. The lowest BCUT2D eigenvalue weighted by Crippen LogP contribution is -2.27. The van der Waals surface area contributed by atoms with Gasteiger partial charge in [0.1, 0.15) is 5.75 Å². The van der Waals surface area contributed by atoms with Crippen LogP contribution in [0.1, 0.15) is 22.7 Å². The number of nitriles is 1. The number of rotatable bonds is 6. The first kappa shape index (κ1) is 16.0. The second-order valence-corrected chi connectivity index (χ2v) is 5.16. The summed E-state index contributed by atoms with van der Waals surface area (Å²) in [6.07, 6.45) is 0. The Bertz CT molecular complexity index is 647. The van der Waals surface area contributed by atoms with Crippen LogP contribution < -0.4 is 4.74 Å². The molecule has 0 bridgehead atoms. The molecule has 0 saturated carbocycles. The molecule has 22 heavy (non-hydrogen) atoms. The van der Waals surface area contributed by atoms with Crippen LogP contribution in [0.3, 0.4) is 0 Å². The number of hydrogen-bond donors (Lipinski definition) is 1. The average molecular weight is 296 g/mol. The Morgan fingerprint density at radius 3 is 2.45 bits per heavy atom. The van der Waals surface area contributed by atoms with E-state index in [9.17, 15) is 10.4 Å². The van der Waals surface area contributed by atoms with Gasteiger partial charge in [-0.3, -0.25) is 4.90 Å². The number of aliphatic hydroxyl groups is 1. The van der Waals surface area contributed by atoms with Gasteiger partial charge in [0.25, 0.3) is 0 Å². The monoisotopic (exact) mass is 296 g/mol. The molecule has 4 nitrogen and oxygen atoms in total. The zero-order valence-electron chi connectivity index (χ0n) is 12.9. The first-order valence-electron chi connectivity index (χ1n) is 7.12. The van der Waals surface area contributed by atoms with Crippen molar-refractivity contribution in [3.05, 3.63) is 65.2 Å². The quantitative estimate of drug-likeness (QED) is 0.890. The summed E-state index contributed by atoms with van der Waals surface area (Å²) in [7, 11) is 3.57. The summed E-state index contributed by atoms with van der Waals surface area (Å²) in [5, 5.41) is 18.9. The second-order valence-electron chi connectivity index (χ2n) is 5.16. The summed E-state index contributed by atoms with van der Waals surface area (Å²) >= 11 is 0. The summed E-state index contributed by atoms with van der Waals surface area (Å²) < 4.78 is 5.16. The van der Waals surface area contributed by atoms with E-state index in [1.54, 1.807) is 7.11 Å². The first-order valence-corrected chi connectivity index (χ1v) is 7.12. The molecule has 2 aromatic carbocycles. The Morgan fingerprint density at radius 1 is 1.18 bits per heavy atom. The average Bonchev–Trinajstić information content (AvgIpc) is 2.56. The molecule has 114 valence electrons. The van der Waals surface area contributed by atoms with E-state index in [-0.39, 0.29) is 12.6 Å². The Balaban J connectivity index is 2.18. The van der Waals surface area contributed by atoms with Crippen LogP contribution in [0.25, 0.3) is 0 Å². The maximum absolute atomic E-state index is 9.74. The predicted octanol–water partition coefficient (Wildman–Crippen LogP) is 2.73. The van der Waals surface area contributed by atoms with Crippen molar-refractivity contribution in [1.82, 2.24) is 4.90 Å². The number of nitrogens with zero attached hydrogens (tertiary/aromatic N) is 2. The lowest BCUT2D eigenvalue weighted by Gasteiger charge is -2.27. The van der Waals surface area contributed by atoms with E-state index in [1.807, 2.05) is 60.5 Å². The molecule has 0 radical (unpaired) electrons. The van der Waals surface area contributed by atoms with Crippen LogP contribution in [0.15, 0.2) is 48.5 Å². The van der Waals surface area contributed by atoms with Gasteiger partial charge in [-0.2, -0.15) is 5.26 Å². The molecular weight excluding hydrogens is 276 g/mol. The van der Waals surface area contributed by atoms with Crippen LogP contribution in [0.4, 0.5) is 0 Å². The Kier molecular flexibility index (Phi) is 5.54. The number of methoxy groups -OCH3 is 1. The zero-order chi connectivity index (χ0) is 15.9. The van der Waals surface area contributed by atoms with Gasteiger partial charge in [0, 0.05) is 6.54 Å². The van der Waals surface area contributed by atoms with Gasteiger partial charge < -0.3 is 9.84 Å². The Morgan fingerprint density at radius 2 is 1.86 bits per heavy atom. The molecule has 1 atom stereocenters. The molecule has 0 amide bonds. The molecule has 0 aliphatic heterocycles. The van der Waals surface area contributed by atoms with Crippen molar-refractivity contribution in [3.8, 4) is 11.8 Å². The van der Waals surface area contributed by atoms with Gasteiger partial charge >= 0.3 is 0 Å². The van der Waals surface area contributed by atoms with E-state index >= 15 is 0 Å². The highest BCUT2D eigenvalue weighted by molar-refractivity contribution is 5.37. The number of hydrogen-bond acceptors (Lipinski definition) is 4. The van der Waals surface area contributed by atoms with Gasteiger partial charge in [-0.25, -0.2) is 0 Å². The molecule has 0 spiro atoms. The minimum absolute atomic E-state index is 0.0115. The highest BCUT2D eigenvalue weighted by Crippen LogP contribution is 2.24. The van der Waals surface area contributed by atoms with Crippen LogP contribution in [0.2, 0.25) is 0 Å². The van der Waals surface area contributed by atoms with E-state index in [0.29, 0.717) is 12.1 Å². The SMILES string of the molecule is COc1ccc([C@H](CO)N(C)Cc2ccccc2C#N)cc1. The van der Waals surface area contributed by atoms with Gasteiger partial charge in [0.2, 0.25) is 0 Å². The third-order valence-electron chi connectivity index (χ3n) is 3.76. The number of benzene rings is 2. The van der Waals surface area contributed by atoms with Gasteiger partial charge in [-0.05, 0) is 36.4 Å². The molecule has 0 aliphatic carbocycles. The van der Waals surface area contributed by atoms with Gasteiger partial charge in [0.15, 0.2) is 0 Å². The van der Waals surface area contributed by atoms with Gasteiger partial charge in [-0.1, -0.05) is 30.3 Å². The van der Waals surface area contributed by atoms with Crippen molar-refractivity contribution in [2.24, 2.45) is 0 Å². The topological polar surface area (TPSA) is 56.5 Å². The first-order chi connectivity index (χ1) is 10.7. The maximum atomic E-state index is 9.74. The van der Waals surface area contributed by atoms with Crippen molar-refractivity contribution in [2.45, 2.75) is 12.6 Å². The number of aliphatic hydroxyl groups excluding tert-OH is 1. The molecule has 2 aromatic rings. The van der Waals surface area contributed by atoms with Crippen LogP contribution in [-0.4, -0.2) is 30.8 Å². The largest absolute Gasteiger partial charge is 0.497 e. The van der Waals surface area contributed by atoms with Crippen molar-refractivity contribution >= 4 is 0 Å². The minimum atomic E-state index is -0.127. The van der Waals surface area contributed by atoms with E-state index in [4.69, 9.17) is 4.74 Å². The minimum Gasteiger partial charge on any atom is -0.497 e. The van der Waals surface area contributed by atoms with Crippen molar-refractivity contribution in [3.63, 3.8) is 0 Å². The Hall–Kier alpha value is -2.35. The highest BCUT2D eigenvalue weighted by Gasteiger charge is 2.17. The molecular formula is C18H20N2O2. The molecule has 2 rings (SSSR count). The van der Waals surface area contributed by atoms with E-state index < -0.39 is 0 Å². The molecule has 0 saturated heterocycles. The number of likely N-dealkylation sites (N-methyl/N-ethyl adjacent to an activating group) is 1. The fourth-order valence-corrected chi connectivity index (χ4v) is 2.47. The zero-order valence-corrected chi connectivity index (χ0v) is 12.9. The third-order valence-corrected chi connectivity index (χ3v) is 3.76. The summed E-state index contributed by atoms with van der Waals surface area (Å²) in [6.45, 7) is 0.610. The van der Waals surface area contributed by atoms with Crippen molar-refractivity contribution in [2.75, 3.05) is 20.8 Å². The molecule has 0 unspecified atom stereocenters. The fraction of sp³-hybridized carbons (Fsp3) is 0.278. The summed E-state index contributed by atoms with van der Waals surface area (Å²) in [4.78, 5) is 2.04. The Labute approximate surface area is 131 Å². The summed E-state index contributed by atoms with van der Waals surface area (Å²) in [5.74, 6) is 0.790. The molecule has 4 heteroatoms. The maximum Gasteiger partial charge on any atom is 0.118 e. The van der Waals surface area contributed by atoms with E-state index in [0.717, 1.165) is 16.9 Å². The molecule has 1 N–H and O–H groups in total. The summed E-state index contributed by atoms with van der Waals surface area (Å²) in [5.41, 5.74) is 2.64. The van der Waals surface area contributed by atoms with Crippen LogP contribution in [0.5, 0.6) is 5.75 Å². The van der Waals surface area contributed by atoms with E-state index in [2.05, 4.69) is 6.07 Å². The normalized spacial score (nSPS) is 12.0. The van der Waals surface area contributed by atoms with Crippen LogP contribution in [0, 0.1) is 11.3 Å². The second kappa shape index (κ2) is 7.60. The fourth-order valence-electron chi connectivity index (χ4n) is 2.47. The standard InChI is InChI=1S/C18H20N2O2/c1-20(12-16-6-4-3-5-15(16)11-19)18(13-21)14-7-9-17(22-2)10-8-14/h3-10,18,21H,12-13H2,1-2H3/t18-/m0/s1. The van der Waals surface area contributed by atoms with Gasteiger partial charge in [-0.15, -0.1) is 0 Å². The summed E-state index contributed by atoms with van der Waals surface area (Å²) in [6, 6.07) is 17.3. The smallest absolute Gasteiger partial charge is 0.118 e. The lowest BCUT2D eigenvalue weighted by atomic mass is 10.0. The van der Waals surface area contributed by atoms with Gasteiger partial charge in [0.05, 0.1) is 31.4 Å². The predicted molar refractivity (Wildman–Crippen MR) is 85.4 cm³/mol. The molecule has 0 aromatic heterocycles. The molecule has 0 aliphatic rings. The van der Waals surface area contributed by atoms with Crippen molar-refractivity contribution < 1.29 is 9.84 Å². The molecule has 0 fully saturated rings.